The largest absolute Gasteiger partial charge is 0.461 e. The number of nitrogens with two attached hydrogens (primary N) is 1. The lowest BCUT2D eigenvalue weighted by atomic mass is 9.92. The lowest BCUT2D eigenvalue weighted by Gasteiger charge is -2.40. The van der Waals surface area contributed by atoms with Gasteiger partial charge in [-0.25, -0.2) is 13.2 Å². The second-order valence-corrected chi connectivity index (χ2v) is 13.6. The van der Waals surface area contributed by atoms with Gasteiger partial charge in [0.1, 0.15) is 41.0 Å². The Labute approximate surface area is 269 Å². The molecule has 8 nitrogen and oxygen atoms in total. The second-order valence-electron chi connectivity index (χ2n) is 12.6. The number of aromatic nitrogens is 2. The summed E-state index contributed by atoms with van der Waals surface area (Å²) in [5.41, 5.74) is 2.05. The van der Waals surface area contributed by atoms with Crippen molar-refractivity contribution in [1.29, 1.82) is 5.26 Å². The van der Waals surface area contributed by atoms with Crippen molar-refractivity contribution in [3.05, 3.63) is 41.0 Å². The molecule has 0 saturated carbocycles. The van der Waals surface area contributed by atoms with Gasteiger partial charge in [-0.1, -0.05) is 6.07 Å². The van der Waals surface area contributed by atoms with Crippen LogP contribution in [-0.2, 0) is 10.9 Å². The molecule has 2 aromatic carbocycles. The van der Waals surface area contributed by atoms with E-state index < -0.39 is 46.2 Å². The Morgan fingerprint density at radius 3 is 2.64 bits per heavy atom. The number of hydrogen-bond acceptors (Lipinski definition) is 9. The SMILES string of the molecule is C[C@@H]1COC[C@H](C)N1c1nc(OC[C@@]23CCCN2C[C@H](F)C3)nc2c(F)c(-c3ccc(F)c4sc(N)c(C#N)c34)c(C(F)(F)F)cc12. The number of nitriles is 1. The summed E-state index contributed by atoms with van der Waals surface area (Å²) in [6.45, 7) is 5.12. The maximum atomic E-state index is 17.0. The quantitative estimate of drug-likeness (QED) is 0.230. The maximum Gasteiger partial charge on any atom is 0.417 e. The van der Waals surface area contributed by atoms with E-state index in [-0.39, 0.29) is 88.3 Å². The highest BCUT2D eigenvalue weighted by molar-refractivity contribution is 7.23. The summed E-state index contributed by atoms with van der Waals surface area (Å²) in [4.78, 5) is 12.7. The highest BCUT2D eigenvalue weighted by atomic mass is 32.1. The molecule has 5 heterocycles. The molecule has 3 aliphatic rings. The van der Waals surface area contributed by atoms with E-state index in [9.17, 15) is 27.2 Å². The van der Waals surface area contributed by atoms with Crippen molar-refractivity contribution in [2.75, 3.05) is 43.5 Å². The molecule has 0 spiro atoms. The first-order valence-electron chi connectivity index (χ1n) is 15.2. The van der Waals surface area contributed by atoms with E-state index in [1.165, 1.54) is 0 Å². The van der Waals surface area contributed by atoms with Gasteiger partial charge in [0.2, 0.25) is 0 Å². The first kappa shape index (κ1) is 31.7. The molecular formula is C32H30F6N6O2S. The number of fused-ring (bicyclic) bond motifs is 3. The predicted octanol–water partition coefficient (Wildman–Crippen LogP) is 6.83. The third-order valence-electron chi connectivity index (χ3n) is 9.54. The molecule has 0 bridgehead atoms. The van der Waals surface area contributed by atoms with Crippen LogP contribution in [0.15, 0.2) is 18.2 Å². The minimum absolute atomic E-state index is 0.0139. The molecular weight excluding hydrogens is 646 g/mol. The summed E-state index contributed by atoms with van der Waals surface area (Å²) in [5, 5.41) is 9.26. The van der Waals surface area contributed by atoms with Gasteiger partial charge < -0.3 is 20.1 Å². The number of thiophene rings is 1. The van der Waals surface area contributed by atoms with Crippen molar-refractivity contribution in [2.45, 2.75) is 63.1 Å². The van der Waals surface area contributed by atoms with Gasteiger partial charge >= 0.3 is 12.2 Å². The Bertz CT molecular complexity index is 1940. The molecule has 4 atom stereocenters. The fourth-order valence-electron chi connectivity index (χ4n) is 7.52. The summed E-state index contributed by atoms with van der Waals surface area (Å²) in [7, 11) is 0. The van der Waals surface area contributed by atoms with Crippen LogP contribution in [0.1, 0.15) is 44.2 Å². The zero-order valence-corrected chi connectivity index (χ0v) is 26.2. The molecule has 3 fully saturated rings. The number of anilines is 2. The number of alkyl halides is 4. The van der Waals surface area contributed by atoms with Crippen LogP contribution in [0.4, 0.5) is 37.2 Å². The lowest BCUT2D eigenvalue weighted by molar-refractivity contribution is -0.137. The van der Waals surface area contributed by atoms with E-state index in [0.717, 1.165) is 24.6 Å². The van der Waals surface area contributed by atoms with Gasteiger partial charge in [-0.3, -0.25) is 4.90 Å². The monoisotopic (exact) mass is 676 g/mol. The Kier molecular flexibility index (Phi) is 7.68. The molecule has 0 amide bonds. The van der Waals surface area contributed by atoms with Gasteiger partial charge in [-0.15, -0.1) is 11.3 Å². The minimum atomic E-state index is -5.08. The van der Waals surface area contributed by atoms with Crippen LogP contribution in [-0.4, -0.2) is 71.6 Å². The Morgan fingerprint density at radius 2 is 1.94 bits per heavy atom. The number of nitrogen functional groups attached to an aromatic ring is 1. The van der Waals surface area contributed by atoms with Crippen LogP contribution in [0, 0.1) is 23.0 Å². The molecule has 3 aliphatic heterocycles. The zero-order valence-electron chi connectivity index (χ0n) is 25.4. The standard InChI is InChI=1S/C32H30F6N6O2S/c1-15-12-45-13-16(2)44(15)29-19-8-21(32(36,37)38)24(18-4-5-22(34)27-23(18)20(10-39)28(40)47-27)25(35)26(19)41-30(42-29)46-14-31-6-3-7-43(31)11-17(33)9-31/h4-5,8,15-17H,3,6-7,9,11-14,40H2,1-2H3/t15-,16+,17-,31+/m1/s1. The van der Waals surface area contributed by atoms with Gasteiger partial charge in [-0.2, -0.15) is 28.4 Å². The van der Waals surface area contributed by atoms with Gasteiger partial charge in [0.05, 0.1) is 46.7 Å². The zero-order chi connectivity index (χ0) is 33.4. The van der Waals surface area contributed by atoms with E-state index in [1.807, 2.05) is 24.8 Å². The minimum Gasteiger partial charge on any atom is -0.461 e. The highest BCUT2D eigenvalue weighted by Crippen LogP contribution is 2.48. The summed E-state index contributed by atoms with van der Waals surface area (Å²) in [6, 6.07) is 3.58. The molecule has 0 unspecified atom stereocenters. The maximum absolute atomic E-state index is 17.0. The van der Waals surface area contributed by atoms with E-state index in [2.05, 4.69) is 9.97 Å². The van der Waals surface area contributed by atoms with E-state index in [1.54, 1.807) is 4.90 Å². The van der Waals surface area contributed by atoms with Gasteiger partial charge in [0.25, 0.3) is 0 Å². The van der Waals surface area contributed by atoms with Gasteiger partial charge in [0, 0.05) is 29.3 Å². The number of halogens is 6. The van der Waals surface area contributed by atoms with Crippen molar-refractivity contribution >= 4 is 43.1 Å². The van der Waals surface area contributed by atoms with Crippen LogP contribution in [0.2, 0.25) is 0 Å². The molecule has 15 heteroatoms. The van der Waals surface area contributed by atoms with Crippen LogP contribution in [0.25, 0.3) is 32.1 Å². The van der Waals surface area contributed by atoms with Crippen molar-refractivity contribution in [3.63, 3.8) is 0 Å². The van der Waals surface area contributed by atoms with Gasteiger partial charge in [0.15, 0.2) is 5.82 Å². The third kappa shape index (κ3) is 5.12. The van der Waals surface area contributed by atoms with E-state index in [0.29, 0.717) is 24.3 Å². The average molecular weight is 677 g/mol. The van der Waals surface area contributed by atoms with E-state index >= 15 is 4.39 Å². The van der Waals surface area contributed by atoms with E-state index in [4.69, 9.17) is 15.2 Å². The normalized spacial score (nSPS) is 25.1. The Hall–Kier alpha value is -3.87. The Balaban J connectivity index is 1.48. The molecule has 4 aromatic rings. The fourth-order valence-corrected chi connectivity index (χ4v) is 8.47. The predicted molar refractivity (Wildman–Crippen MR) is 165 cm³/mol. The second kappa shape index (κ2) is 11.4. The fraction of sp³-hybridized carbons (Fsp3) is 0.469. The number of rotatable bonds is 5. The number of hydrogen-bond donors (Lipinski definition) is 1. The molecule has 2 aromatic heterocycles. The molecule has 7 rings (SSSR count). The average Bonchev–Trinajstić information content (AvgIpc) is 3.65. The number of benzene rings is 2. The first-order chi connectivity index (χ1) is 22.3. The van der Waals surface area contributed by atoms with Crippen molar-refractivity contribution in [2.24, 2.45) is 0 Å². The number of nitrogens with zero attached hydrogens (tertiary/aromatic N) is 5. The molecule has 3 saturated heterocycles. The van der Waals surface area contributed by atoms with Gasteiger partial charge in [-0.05, 0) is 50.9 Å². The molecule has 0 aliphatic carbocycles. The number of morpholine rings is 1. The molecule has 0 radical (unpaired) electrons. The molecule has 47 heavy (non-hydrogen) atoms. The van der Waals surface area contributed by atoms with Crippen LogP contribution >= 0.6 is 11.3 Å². The number of ether oxygens (including phenoxy) is 2. The van der Waals surface area contributed by atoms with Crippen molar-refractivity contribution in [1.82, 2.24) is 14.9 Å². The smallest absolute Gasteiger partial charge is 0.417 e. The summed E-state index contributed by atoms with van der Waals surface area (Å²) in [6.07, 6.45) is -4.32. The first-order valence-corrected chi connectivity index (χ1v) is 16.0. The third-order valence-corrected chi connectivity index (χ3v) is 10.6. The van der Waals surface area contributed by atoms with Crippen LogP contribution in [0.3, 0.4) is 0 Å². The highest BCUT2D eigenvalue weighted by Gasteiger charge is 2.49. The summed E-state index contributed by atoms with van der Waals surface area (Å²) >= 11 is 0.693. The van der Waals surface area contributed by atoms with Crippen molar-refractivity contribution < 1.29 is 35.8 Å². The summed E-state index contributed by atoms with van der Waals surface area (Å²) < 4.78 is 103. The topological polar surface area (TPSA) is 101 Å². The summed E-state index contributed by atoms with van der Waals surface area (Å²) in [5.74, 6) is -2.12. The molecule has 2 N–H and O–H groups in total. The van der Waals surface area contributed by atoms with Crippen molar-refractivity contribution in [3.8, 4) is 23.2 Å². The lowest BCUT2D eigenvalue weighted by Crippen LogP contribution is -2.50. The van der Waals surface area contributed by atoms with Crippen LogP contribution < -0.4 is 15.4 Å². The van der Waals surface area contributed by atoms with Crippen LogP contribution in [0.5, 0.6) is 6.01 Å². The Morgan fingerprint density at radius 1 is 1.19 bits per heavy atom. The molecule has 248 valence electrons.